The molecule has 1 spiro atoms. The van der Waals surface area contributed by atoms with Crippen molar-refractivity contribution in [3.8, 4) is 0 Å². The number of carbonyl (C=O) groups excluding carboxylic acids is 2. The quantitative estimate of drug-likeness (QED) is 0.868. The van der Waals surface area contributed by atoms with Gasteiger partial charge in [-0.25, -0.2) is 4.98 Å². The fourth-order valence-corrected chi connectivity index (χ4v) is 4.39. The van der Waals surface area contributed by atoms with E-state index in [0.717, 1.165) is 24.3 Å². The van der Waals surface area contributed by atoms with Crippen molar-refractivity contribution >= 4 is 23.2 Å². The first-order chi connectivity index (χ1) is 11.1. The van der Waals surface area contributed by atoms with Gasteiger partial charge in [0.05, 0.1) is 16.5 Å². The van der Waals surface area contributed by atoms with Crippen molar-refractivity contribution in [2.45, 2.75) is 45.1 Å². The minimum atomic E-state index is -0.853. The van der Waals surface area contributed by atoms with Crippen LogP contribution in [-0.4, -0.2) is 52.5 Å². The van der Waals surface area contributed by atoms with Gasteiger partial charge in [0.15, 0.2) is 0 Å². The largest absolute Gasteiger partial charge is 0.392 e. The van der Waals surface area contributed by atoms with E-state index in [-0.39, 0.29) is 18.4 Å². The van der Waals surface area contributed by atoms with Crippen molar-refractivity contribution in [1.82, 2.24) is 15.2 Å². The first-order valence-electron chi connectivity index (χ1n) is 8.27. The minimum Gasteiger partial charge on any atom is -0.392 e. The zero-order valence-corrected chi connectivity index (χ0v) is 14.2. The van der Waals surface area contributed by atoms with Crippen LogP contribution in [0.2, 0.25) is 0 Å². The van der Waals surface area contributed by atoms with Gasteiger partial charge in [0.25, 0.3) is 5.91 Å². The normalized spacial score (nSPS) is 28.0. The Labute approximate surface area is 139 Å². The Balaban J connectivity index is 1.77. The number of nitrogens with zero attached hydrogens (tertiary/aromatic N) is 2. The molecule has 0 saturated carbocycles. The second-order valence-corrected chi connectivity index (χ2v) is 7.37. The van der Waals surface area contributed by atoms with Crippen molar-refractivity contribution in [3.63, 3.8) is 0 Å². The van der Waals surface area contributed by atoms with Crippen molar-refractivity contribution in [2.75, 3.05) is 19.6 Å². The summed E-state index contributed by atoms with van der Waals surface area (Å²) in [7, 11) is 0. The number of aryl methyl sites for hydroxylation is 1. The Morgan fingerprint density at radius 3 is 3.17 bits per heavy atom. The number of hydrogen-bond acceptors (Lipinski definition) is 5. The third-order valence-corrected chi connectivity index (χ3v) is 5.75. The zero-order valence-electron chi connectivity index (χ0n) is 13.4. The third kappa shape index (κ3) is 2.99. The molecule has 3 rings (SSSR count). The molecule has 2 amide bonds. The Hall–Kier alpha value is -1.47. The van der Waals surface area contributed by atoms with Gasteiger partial charge in [-0.2, -0.15) is 0 Å². The molecular weight excluding hydrogens is 314 g/mol. The molecule has 23 heavy (non-hydrogen) atoms. The number of amides is 2. The van der Waals surface area contributed by atoms with E-state index >= 15 is 0 Å². The van der Waals surface area contributed by atoms with Gasteiger partial charge in [-0.3, -0.25) is 9.59 Å². The predicted molar refractivity (Wildman–Crippen MR) is 87.3 cm³/mol. The first-order valence-corrected chi connectivity index (χ1v) is 9.15. The Kier molecular flexibility index (Phi) is 4.68. The summed E-state index contributed by atoms with van der Waals surface area (Å²) in [5.74, 6) is -0.257. The molecule has 0 radical (unpaired) electrons. The molecule has 0 unspecified atom stereocenters. The van der Waals surface area contributed by atoms with Crippen LogP contribution >= 0.6 is 11.3 Å². The molecule has 1 aromatic rings. The van der Waals surface area contributed by atoms with Crippen LogP contribution < -0.4 is 5.32 Å². The molecule has 2 atom stereocenters. The van der Waals surface area contributed by atoms with E-state index in [2.05, 4.69) is 17.2 Å². The maximum absolute atomic E-state index is 12.7. The lowest BCUT2D eigenvalue weighted by Gasteiger charge is -2.46. The van der Waals surface area contributed by atoms with Crippen LogP contribution in [0.5, 0.6) is 0 Å². The summed E-state index contributed by atoms with van der Waals surface area (Å²) in [5, 5.41) is 16.0. The highest BCUT2D eigenvalue weighted by Crippen LogP contribution is 2.37. The second kappa shape index (κ2) is 6.57. The number of aliphatic hydroxyl groups is 1. The number of thiazole rings is 1. The SMILES string of the molecule is CCCc1nc(C(=O)N2CC[C@@H](O)[C@@]3(CCCNC3=O)C2)cs1. The highest BCUT2D eigenvalue weighted by Gasteiger charge is 2.50. The van der Waals surface area contributed by atoms with Gasteiger partial charge >= 0.3 is 0 Å². The Morgan fingerprint density at radius 1 is 1.61 bits per heavy atom. The molecule has 6 nitrogen and oxygen atoms in total. The molecule has 2 aliphatic rings. The van der Waals surface area contributed by atoms with Crippen LogP contribution in [0, 0.1) is 5.41 Å². The van der Waals surface area contributed by atoms with E-state index in [1.807, 2.05) is 0 Å². The van der Waals surface area contributed by atoms with E-state index in [1.54, 1.807) is 10.3 Å². The number of aromatic nitrogens is 1. The molecule has 0 aliphatic carbocycles. The summed E-state index contributed by atoms with van der Waals surface area (Å²) in [4.78, 5) is 31.2. The molecule has 2 aliphatic heterocycles. The smallest absolute Gasteiger partial charge is 0.273 e. The van der Waals surface area contributed by atoms with E-state index < -0.39 is 11.5 Å². The van der Waals surface area contributed by atoms with Gasteiger partial charge in [-0.1, -0.05) is 6.92 Å². The van der Waals surface area contributed by atoms with Gasteiger partial charge in [0, 0.05) is 25.0 Å². The number of piperidine rings is 2. The van der Waals surface area contributed by atoms with Gasteiger partial charge in [-0.15, -0.1) is 11.3 Å². The number of rotatable bonds is 3. The standard InChI is InChI=1S/C16H23N3O3S/c1-2-4-13-18-11(9-23-13)14(21)19-8-5-12(20)16(10-19)6-3-7-17-15(16)22/h9,12,20H,2-8,10H2,1H3,(H,17,22)/t12-,16-/m1/s1. The highest BCUT2D eigenvalue weighted by molar-refractivity contribution is 7.09. The predicted octanol–water partition coefficient (Wildman–Crippen LogP) is 1.20. The molecule has 7 heteroatoms. The summed E-state index contributed by atoms with van der Waals surface area (Å²) in [6.45, 7) is 3.48. The van der Waals surface area contributed by atoms with Crippen molar-refractivity contribution in [2.24, 2.45) is 5.41 Å². The molecule has 1 aromatic heterocycles. The fraction of sp³-hybridized carbons (Fsp3) is 0.688. The number of carbonyl (C=O) groups is 2. The molecule has 2 N–H and O–H groups in total. The average molecular weight is 337 g/mol. The fourth-order valence-electron chi connectivity index (χ4n) is 3.52. The summed E-state index contributed by atoms with van der Waals surface area (Å²) in [5.41, 5.74) is -0.393. The molecule has 2 saturated heterocycles. The molecule has 126 valence electrons. The van der Waals surface area contributed by atoms with Crippen molar-refractivity contribution in [1.29, 1.82) is 0 Å². The Bertz CT molecular complexity index is 603. The molecule has 0 aromatic carbocycles. The van der Waals surface area contributed by atoms with Crippen LogP contribution in [0.15, 0.2) is 5.38 Å². The average Bonchev–Trinajstić information content (AvgIpc) is 3.01. The van der Waals surface area contributed by atoms with Crippen LogP contribution in [0.1, 0.15) is 48.1 Å². The van der Waals surface area contributed by atoms with Gasteiger partial charge in [0.2, 0.25) is 5.91 Å². The molecular formula is C16H23N3O3S. The molecule has 3 heterocycles. The van der Waals surface area contributed by atoms with Gasteiger partial charge in [0.1, 0.15) is 5.69 Å². The zero-order chi connectivity index (χ0) is 16.4. The number of likely N-dealkylation sites (tertiary alicyclic amines) is 1. The molecule has 2 fully saturated rings. The van der Waals surface area contributed by atoms with Gasteiger partial charge < -0.3 is 15.3 Å². The topological polar surface area (TPSA) is 82.5 Å². The maximum atomic E-state index is 12.7. The third-order valence-electron chi connectivity index (χ3n) is 4.84. The van der Waals surface area contributed by atoms with Crippen LogP contribution in [0.4, 0.5) is 0 Å². The lowest BCUT2D eigenvalue weighted by Crippen LogP contribution is -2.62. The second-order valence-electron chi connectivity index (χ2n) is 6.42. The summed E-state index contributed by atoms with van der Waals surface area (Å²) < 4.78 is 0. The lowest BCUT2D eigenvalue weighted by atomic mass is 9.71. The summed E-state index contributed by atoms with van der Waals surface area (Å²) in [6, 6.07) is 0. The van der Waals surface area contributed by atoms with E-state index in [0.29, 0.717) is 31.6 Å². The van der Waals surface area contributed by atoms with Crippen LogP contribution in [-0.2, 0) is 11.2 Å². The van der Waals surface area contributed by atoms with E-state index in [1.165, 1.54) is 11.3 Å². The highest BCUT2D eigenvalue weighted by atomic mass is 32.1. The van der Waals surface area contributed by atoms with E-state index in [9.17, 15) is 14.7 Å². The van der Waals surface area contributed by atoms with Crippen LogP contribution in [0.25, 0.3) is 0 Å². The van der Waals surface area contributed by atoms with Crippen molar-refractivity contribution < 1.29 is 14.7 Å². The number of hydrogen-bond donors (Lipinski definition) is 2. The van der Waals surface area contributed by atoms with Gasteiger partial charge in [-0.05, 0) is 32.1 Å². The van der Waals surface area contributed by atoms with Crippen molar-refractivity contribution in [3.05, 3.63) is 16.1 Å². The minimum absolute atomic E-state index is 0.126. The summed E-state index contributed by atoms with van der Waals surface area (Å²) in [6.07, 6.45) is 3.09. The number of nitrogens with one attached hydrogen (secondary N) is 1. The first kappa shape index (κ1) is 16.4. The van der Waals surface area contributed by atoms with Crippen LogP contribution in [0.3, 0.4) is 0 Å². The maximum Gasteiger partial charge on any atom is 0.273 e. The molecule has 0 bridgehead atoms. The lowest BCUT2D eigenvalue weighted by molar-refractivity contribution is -0.147. The van der Waals surface area contributed by atoms with E-state index in [4.69, 9.17) is 0 Å². The number of aliphatic hydroxyl groups excluding tert-OH is 1. The monoisotopic (exact) mass is 337 g/mol. The summed E-state index contributed by atoms with van der Waals surface area (Å²) >= 11 is 1.51. The Morgan fingerprint density at radius 2 is 2.43 bits per heavy atom.